The molecule has 0 unspecified atom stereocenters. The van der Waals surface area contributed by atoms with Gasteiger partial charge in [-0.1, -0.05) is 48.9 Å². The van der Waals surface area contributed by atoms with E-state index in [4.69, 9.17) is 4.74 Å². The van der Waals surface area contributed by atoms with Gasteiger partial charge in [-0.05, 0) is 37.1 Å². The fourth-order valence-corrected chi connectivity index (χ4v) is 3.34. The van der Waals surface area contributed by atoms with Crippen LogP contribution in [0.25, 0.3) is 6.08 Å². The minimum absolute atomic E-state index is 0.351. The zero-order valence-electron chi connectivity index (χ0n) is 16.6. The van der Waals surface area contributed by atoms with Crippen LogP contribution >= 0.6 is 0 Å². The van der Waals surface area contributed by atoms with Crippen LogP contribution in [0.1, 0.15) is 30.0 Å². The van der Waals surface area contributed by atoms with Gasteiger partial charge in [0, 0.05) is 11.6 Å². The molecule has 2 aromatic carbocycles. The summed E-state index contributed by atoms with van der Waals surface area (Å²) in [6.45, 7) is 3.73. The maximum atomic E-state index is 13.0. The van der Waals surface area contributed by atoms with Gasteiger partial charge in [-0.15, -0.1) is 0 Å². The van der Waals surface area contributed by atoms with Crippen LogP contribution in [0.15, 0.2) is 54.6 Å². The van der Waals surface area contributed by atoms with Gasteiger partial charge < -0.3 is 10.1 Å². The molecule has 1 saturated heterocycles. The quantitative estimate of drug-likeness (QED) is 0.584. The Morgan fingerprint density at radius 2 is 1.93 bits per heavy atom. The molecule has 0 saturated carbocycles. The summed E-state index contributed by atoms with van der Waals surface area (Å²) in [5, 5.41) is 3.45. The Balaban J connectivity index is 1.78. The van der Waals surface area contributed by atoms with Crippen LogP contribution in [0.4, 0.5) is 4.79 Å². The van der Waals surface area contributed by atoms with Crippen molar-refractivity contribution in [3.8, 4) is 5.75 Å². The van der Waals surface area contributed by atoms with Crippen LogP contribution in [-0.4, -0.2) is 30.0 Å². The van der Waals surface area contributed by atoms with Crippen molar-refractivity contribution in [2.24, 2.45) is 0 Å². The number of urea groups is 1. The van der Waals surface area contributed by atoms with Gasteiger partial charge in [0.1, 0.15) is 11.3 Å². The maximum absolute atomic E-state index is 13.0. The monoisotopic (exact) mass is 393 g/mol. The van der Waals surface area contributed by atoms with Crippen LogP contribution in [-0.2, 0) is 15.1 Å². The van der Waals surface area contributed by atoms with Crippen molar-refractivity contribution >= 4 is 23.9 Å². The second-order valence-electron chi connectivity index (χ2n) is 6.75. The number of amides is 4. The van der Waals surface area contributed by atoms with E-state index in [0.29, 0.717) is 23.3 Å². The van der Waals surface area contributed by atoms with Gasteiger partial charge in [-0.2, -0.15) is 5.01 Å². The Morgan fingerprint density at radius 3 is 2.59 bits per heavy atom. The lowest BCUT2D eigenvalue weighted by Crippen LogP contribution is -2.48. The third-order valence-electron chi connectivity index (χ3n) is 4.91. The van der Waals surface area contributed by atoms with Crippen molar-refractivity contribution in [3.05, 3.63) is 71.3 Å². The van der Waals surface area contributed by atoms with Gasteiger partial charge in [-0.25, -0.2) is 4.79 Å². The number of aryl methyl sites for hydroxylation is 1. The number of carbonyl (C=O) groups excluding carboxylic acids is 3. The van der Waals surface area contributed by atoms with Gasteiger partial charge in [0.05, 0.1) is 7.11 Å². The predicted molar refractivity (Wildman–Crippen MR) is 109 cm³/mol. The predicted octanol–water partition coefficient (Wildman–Crippen LogP) is 2.91. The Morgan fingerprint density at radius 1 is 1.21 bits per heavy atom. The lowest BCUT2D eigenvalue weighted by Gasteiger charge is -2.25. The lowest BCUT2D eigenvalue weighted by molar-refractivity contribution is -0.138. The molecule has 7 heteroatoms. The molecule has 0 spiro atoms. The molecule has 0 aromatic heterocycles. The van der Waals surface area contributed by atoms with E-state index in [1.54, 1.807) is 50.4 Å². The average Bonchev–Trinajstić information content (AvgIpc) is 2.98. The van der Waals surface area contributed by atoms with Crippen LogP contribution in [0, 0.1) is 6.92 Å². The number of nitrogens with zero attached hydrogens (tertiary/aromatic N) is 1. The molecule has 150 valence electrons. The number of hydrazine groups is 1. The number of methoxy groups -OCH3 is 1. The smallest absolute Gasteiger partial charge is 0.344 e. The van der Waals surface area contributed by atoms with Gasteiger partial charge in [0.25, 0.3) is 11.8 Å². The largest absolute Gasteiger partial charge is 0.496 e. The van der Waals surface area contributed by atoms with Crippen molar-refractivity contribution in [3.63, 3.8) is 0 Å². The van der Waals surface area contributed by atoms with E-state index in [1.807, 2.05) is 25.1 Å². The SMILES string of the molecule is CC[C@]1(c2ccccc2)NC(=O)N(NC(=O)/C=C/c2cc(C)ccc2OC)C1=O. The lowest BCUT2D eigenvalue weighted by atomic mass is 9.87. The Hall–Kier alpha value is -3.61. The van der Waals surface area contributed by atoms with Gasteiger partial charge in [-0.3, -0.25) is 15.0 Å². The first-order chi connectivity index (χ1) is 13.9. The zero-order chi connectivity index (χ0) is 21.0. The van der Waals surface area contributed by atoms with E-state index in [1.165, 1.54) is 6.08 Å². The molecule has 3 rings (SSSR count). The Kier molecular flexibility index (Phi) is 5.68. The fourth-order valence-electron chi connectivity index (χ4n) is 3.34. The minimum atomic E-state index is -1.20. The molecule has 29 heavy (non-hydrogen) atoms. The third-order valence-corrected chi connectivity index (χ3v) is 4.91. The first kappa shape index (κ1) is 20.1. The number of benzene rings is 2. The summed E-state index contributed by atoms with van der Waals surface area (Å²) >= 11 is 0. The normalized spacial score (nSPS) is 18.8. The topological polar surface area (TPSA) is 87.7 Å². The first-order valence-corrected chi connectivity index (χ1v) is 9.27. The fraction of sp³-hybridized carbons (Fsp3) is 0.227. The summed E-state index contributed by atoms with van der Waals surface area (Å²) in [5.74, 6) is -0.508. The van der Waals surface area contributed by atoms with Crippen LogP contribution in [0.5, 0.6) is 5.75 Å². The van der Waals surface area contributed by atoms with Crippen molar-refractivity contribution in [2.45, 2.75) is 25.8 Å². The van der Waals surface area contributed by atoms with E-state index >= 15 is 0 Å². The summed E-state index contributed by atoms with van der Waals surface area (Å²) in [6, 6.07) is 13.9. The third kappa shape index (κ3) is 3.85. The van der Waals surface area contributed by atoms with Crippen LogP contribution in [0.2, 0.25) is 0 Å². The Labute approximate surface area is 169 Å². The molecular weight excluding hydrogens is 370 g/mol. The number of hydrogen-bond acceptors (Lipinski definition) is 4. The van der Waals surface area contributed by atoms with E-state index < -0.39 is 23.4 Å². The highest BCUT2D eigenvalue weighted by atomic mass is 16.5. The van der Waals surface area contributed by atoms with E-state index in [0.717, 1.165) is 10.6 Å². The number of carbonyl (C=O) groups is 3. The molecule has 7 nitrogen and oxygen atoms in total. The Bertz CT molecular complexity index is 971. The number of hydrogen-bond donors (Lipinski definition) is 2. The minimum Gasteiger partial charge on any atom is -0.496 e. The number of imide groups is 1. The molecule has 1 fully saturated rings. The summed E-state index contributed by atoms with van der Waals surface area (Å²) in [7, 11) is 1.54. The molecule has 0 aliphatic carbocycles. The molecule has 1 atom stereocenters. The highest BCUT2D eigenvalue weighted by Gasteiger charge is 2.52. The summed E-state index contributed by atoms with van der Waals surface area (Å²) < 4.78 is 5.28. The number of rotatable bonds is 6. The van der Waals surface area contributed by atoms with Gasteiger partial charge >= 0.3 is 6.03 Å². The standard InChI is InChI=1S/C22H23N3O4/c1-4-22(17-8-6-5-7-9-17)20(27)25(21(28)23-22)24-19(26)13-11-16-14-15(2)10-12-18(16)29-3/h5-14H,4H2,1-3H3,(H,23,28)(H,24,26)/b13-11+/t22-/m1/s1. The summed E-state index contributed by atoms with van der Waals surface area (Å²) in [4.78, 5) is 37.8. The van der Waals surface area contributed by atoms with E-state index in [-0.39, 0.29) is 0 Å². The molecule has 1 aliphatic rings. The average molecular weight is 393 g/mol. The molecule has 0 bridgehead atoms. The van der Waals surface area contributed by atoms with Gasteiger partial charge in [0.2, 0.25) is 0 Å². The van der Waals surface area contributed by atoms with E-state index in [2.05, 4.69) is 10.7 Å². The molecular formula is C22H23N3O4. The highest BCUT2D eigenvalue weighted by Crippen LogP contribution is 2.31. The molecule has 2 aromatic rings. The number of ether oxygens (including phenoxy) is 1. The second kappa shape index (κ2) is 8.18. The van der Waals surface area contributed by atoms with Crippen molar-refractivity contribution < 1.29 is 19.1 Å². The second-order valence-corrected chi connectivity index (χ2v) is 6.75. The van der Waals surface area contributed by atoms with Crippen LogP contribution < -0.4 is 15.5 Å². The molecule has 1 aliphatic heterocycles. The van der Waals surface area contributed by atoms with E-state index in [9.17, 15) is 14.4 Å². The van der Waals surface area contributed by atoms with Crippen molar-refractivity contribution in [2.75, 3.05) is 7.11 Å². The first-order valence-electron chi connectivity index (χ1n) is 9.27. The van der Waals surface area contributed by atoms with Crippen molar-refractivity contribution in [1.29, 1.82) is 0 Å². The summed E-state index contributed by atoms with van der Waals surface area (Å²) in [5.41, 5.74) is 3.55. The van der Waals surface area contributed by atoms with Crippen molar-refractivity contribution in [1.82, 2.24) is 15.8 Å². The molecule has 4 amide bonds. The zero-order valence-corrected chi connectivity index (χ0v) is 16.6. The molecule has 2 N–H and O–H groups in total. The van der Waals surface area contributed by atoms with Gasteiger partial charge in [0.15, 0.2) is 0 Å². The molecule has 1 heterocycles. The number of nitrogens with one attached hydrogen (secondary N) is 2. The highest BCUT2D eigenvalue weighted by molar-refractivity contribution is 6.09. The summed E-state index contributed by atoms with van der Waals surface area (Å²) in [6.07, 6.45) is 3.18. The van der Waals surface area contributed by atoms with Crippen LogP contribution in [0.3, 0.4) is 0 Å². The molecule has 0 radical (unpaired) electrons. The maximum Gasteiger partial charge on any atom is 0.344 e.